The van der Waals surface area contributed by atoms with Crippen molar-refractivity contribution < 1.29 is 4.92 Å². The van der Waals surface area contributed by atoms with Crippen LogP contribution in [0.4, 0.5) is 11.5 Å². The lowest BCUT2D eigenvalue weighted by Gasteiger charge is -2.31. The number of hydrogen-bond donors (Lipinski definition) is 2. The molecule has 1 rings (SSSR count). The number of nitro groups is 1. The number of hydrogen-bond acceptors (Lipinski definition) is 5. The number of anilines is 1. The quantitative estimate of drug-likeness (QED) is 0.567. The fourth-order valence-electron chi connectivity index (χ4n) is 2.68. The molecule has 0 spiro atoms. The van der Waals surface area contributed by atoms with E-state index in [9.17, 15) is 10.1 Å². The Morgan fingerprint density at radius 1 is 1.52 bits per heavy atom. The molecule has 0 aliphatic heterocycles. The fourth-order valence-corrected chi connectivity index (χ4v) is 2.68. The van der Waals surface area contributed by atoms with Gasteiger partial charge in [0, 0.05) is 19.1 Å². The zero-order valence-corrected chi connectivity index (χ0v) is 13.6. The summed E-state index contributed by atoms with van der Waals surface area (Å²) in [5.74, 6) is 0.880. The van der Waals surface area contributed by atoms with Gasteiger partial charge in [-0.1, -0.05) is 27.2 Å². The molecule has 3 N–H and O–H groups in total. The molecule has 1 aromatic rings. The number of nitrogens with zero attached hydrogens (tertiary/aromatic N) is 3. The van der Waals surface area contributed by atoms with Gasteiger partial charge < -0.3 is 11.1 Å². The van der Waals surface area contributed by atoms with Gasteiger partial charge in [0.25, 0.3) is 0 Å². The monoisotopic (exact) mass is 297 g/mol. The van der Waals surface area contributed by atoms with Crippen molar-refractivity contribution in [3.63, 3.8) is 0 Å². The third-order valence-corrected chi connectivity index (χ3v) is 3.49. The van der Waals surface area contributed by atoms with Crippen molar-refractivity contribution in [3.8, 4) is 0 Å². The molecule has 0 radical (unpaired) electrons. The van der Waals surface area contributed by atoms with Crippen LogP contribution in [0, 0.1) is 16.0 Å². The molecule has 21 heavy (non-hydrogen) atoms. The second-order valence-corrected chi connectivity index (χ2v) is 6.26. The molecule has 120 valence electrons. The summed E-state index contributed by atoms with van der Waals surface area (Å²) in [6.45, 7) is 8.58. The van der Waals surface area contributed by atoms with Gasteiger partial charge in [-0.2, -0.15) is 5.10 Å². The van der Waals surface area contributed by atoms with Crippen LogP contribution in [0.5, 0.6) is 0 Å². The van der Waals surface area contributed by atoms with Crippen LogP contribution in [0.3, 0.4) is 0 Å². The van der Waals surface area contributed by atoms with E-state index in [0.717, 1.165) is 12.8 Å². The number of aryl methyl sites for hydroxylation is 2. The Balaban J connectivity index is 3.20. The summed E-state index contributed by atoms with van der Waals surface area (Å²) >= 11 is 0. The average molecular weight is 297 g/mol. The molecule has 0 aromatic carbocycles. The first kappa shape index (κ1) is 17.4. The van der Waals surface area contributed by atoms with Gasteiger partial charge >= 0.3 is 5.69 Å². The Bertz CT molecular complexity index is 498. The van der Waals surface area contributed by atoms with E-state index in [0.29, 0.717) is 30.4 Å². The van der Waals surface area contributed by atoms with E-state index in [2.05, 4.69) is 24.3 Å². The largest absolute Gasteiger partial charge is 0.358 e. The summed E-state index contributed by atoms with van der Waals surface area (Å²) in [6, 6.07) is 0. The number of aromatic nitrogens is 2. The van der Waals surface area contributed by atoms with Gasteiger partial charge in [0.15, 0.2) is 0 Å². The first-order valence-corrected chi connectivity index (χ1v) is 7.42. The standard InChI is InChI=1S/C14H27N5O2/c1-6-7-11-12(19(20)21)13(18(5)17-11)16-14(4,9-15)8-10(2)3/h10,16H,6-9,15H2,1-5H3. The molecule has 1 atom stereocenters. The fraction of sp³-hybridized carbons (Fsp3) is 0.786. The minimum atomic E-state index is -0.393. The van der Waals surface area contributed by atoms with Gasteiger partial charge in [0.1, 0.15) is 5.69 Å². The maximum absolute atomic E-state index is 11.4. The molecule has 0 amide bonds. The minimum absolute atomic E-state index is 0.0720. The van der Waals surface area contributed by atoms with Crippen LogP contribution < -0.4 is 11.1 Å². The Morgan fingerprint density at radius 3 is 2.57 bits per heavy atom. The lowest BCUT2D eigenvalue weighted by atomic mass is 9.90. The van der Waals surface area contributed by atoms with Crippen LogP contribution in [0.2, 0.25) is 0 Å². The van der Waals surface area contributed by atoms with E-state index in [1.54, 1.807) is 11.7 Å². The third-order valence-electron chi connectivity index (χ3n) is 3.49. The second kappa shape index (κ2) is 6.89. The number of nitrogens with two attached hydrogens (primary N) is 1. The summed E-state index contributed by atoms with van der Waals surface area (Å²) < 4.78 is 1.55. The van der Waals surface area contributed by atoms with Crippen molar-refractivity contribution >= 4 is 11.5 Å². The molecule has 0 saturated heterocycles. The Kier molecular flexibility index (Phi) is 5.71. The van der Waals surface area contributed by atoms with Gasteiger partial charge in [0.05, 0.1) is 4.92 Å². The van der Waals surface area contributed by atoms with Gasteiger partial charge in [-0.05, 0) is 25.7 Å². The molecule has 7 heteroatoms. The Morgan fingerprint density at radius 2 is 2.14 bits per heavy atom. The van der Waals surface area contributed by atoms with E-state index in [-0.39, 0.29) is 10.6 Å². The molecular weight excluding hydrogens is 270 g/mol. The van der Waals surface area contributed by atoms with Crippen molar-refractivity contribution in [1.82, 2.24) is 9.78 Å². The molecule has 1 aromatic heterocycles. The van der Waals surface area contributed by atoms with Crippen molar-refractivity contribution in [2.45, 2.75) is 52.5 Å². The van der Waals surface area contributed by atoms with Gasteiger partial charge in [0.2, 0.25) is 5.82 Å². The highest BCUT2D eigenvalue weighted by atomic mass is 16.6. The van der Waals surface area contributed by atoms with Crippen LogP contribution >= 0.6 is 0 Å². The third kappa shape index (κ3) is 4.17. The van der Waals surface area contributed by atoms with E-state index in [4.69, 9.17) is 5.73 Å². The molecule has 0 aliphatic rings. The summed E-state index contributed by atoms with van der Waals surface area (Å²) in [5, 5.41) is 19.0. The van der Waals surface area contributed by atoms with Crippen molar-refractivity contribution in [3.05, 3.63) is 15.8 Å². The molecule has 1 unspecified atom stereocenters. The highest BCUT2D eigenvalue weighted by molar-refractivity contribution is 5.61. The predicted molar refractivity (Wildman–Crippen MR) is 84.4 cm³/mol. The average Bonchev–Trinajstić information content (AvgIpc) is 2.65. The normalized spacial score (nSPS) is 14.2. The van der Waals surface area contributed by atoms with Gasteiger partial charge in [-0.25, -0.2) is 4.68 Å². The maximum atomic E-state index is 11.4. The van der Waals surface area contributed by atoms with E-state index >= 15 is 0 Å². The molecule has 1 heterocycles. The number of rotatable bonds is 8. The van der Waals surface area contributed by atoms with Crippen molar-refractivity contribution in [1.29, 1.82) is 0 Å². The van der Waals surface area contributed by atoms with Crippen LogP contribution in [0.1, 0.15) is 46.2 Å². The van der Waals surface area contributed by atoms with Gasteiger partial charge in [-0.3, -0.25) is 10.1 Å². The van der Waals surface area contributed by atoms with Crippen molar-refractivity contribution in [2.24, 2.45) is 18.7 Å². The highest BCUT2D eigenvalue weighted by Gasteiger charge is 2.32. The minimum Gasteiger partial charge on any atom is -0.358 e. The summed E-state index contributed by atoms with van der Waals surface area (Å²) in [6.07, 6.45) is 2.24. The van der Waals surface area contributed by atoms with Crippen LogP contribution in [-0.2, 0) is 13.5 Å². The zero-order chi connectivity index (χ0) is 16.2. The van der Waals surface area contributed by atoms with E-state index < -0.39 is 5.54 Å². The first-order chi connectivity index (χ1) is 9.74. The summed E-state index contributed by atoms with van der Waals surface area (Å²) in [4.78, 5) is 11.1. The maximum Gasteiger partial charge on any atom is 0.334 e. The molecule has 0 aliphatic carbocycles. The van der Waals surface area contributed by atoms with Crippen LogP contribution in [-0.4, -0.2) is 26.8 Å². The van der Waals surface area contributed by atoms with Crippen LogP contribution in [0.25, 0.3) is 0 Å². The molecule has 0 fully saturated rings. The smallest absolute Gasteiger partial charge is 0.334 e. The lowest BCUT2D eigenvalue weighted by Crippen LogP contribution is -2.44. The van der Waals surface area contributed by atoms with E-state index in [1.165, 1.54) is 0 Å². The second-order valence-electron chi connectivity index (χ2n) is 6.26. The van der Waals surface area contributed by atoms with Crippen molar-refractivity contribution in [2.75, 3.05) is 11.9 Å². The Hall–Kier alpha value is -1.63. The molecule has 7 nitrogen and oxygen atoms in total. The zero-order valence-electron chi connectivity index (χ0n) is 13.6. The Labute approximate surface area is 126 Å². The van der Waals surface area contributed by atoms with E-state index in [1.807, 2.05) is 13.8 Å². The SMILES string of the molecule is CCCc1nn(C)c(NC(C)(CN)CC(C)C)c1[N+](=O)[O-]. The van der Waals surface area contributed by atoms with Gasteiger partial charge in [-0.15, -0.1) is 0 Å². The molecular formula is C14H27N5O2. The first-order valence-electron chi connectivity index (χ1n) is 7.42. The lowest BCUT2D eigenvalue weighted by molar-refractivity contribution is -0.384. The molecule has 0 bridgehead atoms. The number of nitrogens with one attached hydrogen (secondary N) is 1. The predicted octanol–water partition coefficient (Wildman–Crippen LogP) is 2.46. The summed E-state index contributed by atoms with van der Waals surface area (Å²) in [7, 11) is 1.72. The topological polar surface area (TPSA) is 99.0 Å². The van der Waals surface area contributed by atoms with Crippen LogP contribution in [0.15, 0.2) is 0 Å². The molecule has 0 saturated carbocycles. The summed E-state index contributed by atoms with van der Waals surface area (Å²) in [5.41, 5.74) is 6.09. The highest BCUT2D eigenvalue weighted by Crippen LogP contribution is 2.32.